The van der Waals surface area contributed by atoms with E-state index in [1.807, 2.05) is 58.8 Å². The Labute approximate surface area is 400 Å². The Morgan fingerprint density at radius 1 is 0.328 bits per heavy atom. The molecule has 67 heavy (non-hydrogen) atoms. The van der Waals surface area contributed by atoms with Gasteiger partial charge in [0.2, 0.25) is 0 Å². The number of furan rings is 2. The fraction of sp³-hybridized carbons (Fsp3) is 0. The number of para-hydroxylation sites is 4. The molecule has 0 spiro atoms. The first-order valence-electron chi connectivity index (χ1n) is 22.4. The zero-order chi connectivity index (χ0) is 43.5. The maximum absolute atomic E-state index is 6.45. The van der Waals surface area contributed by atoms with Crippen molar-refractivity contribution in [2.24, 2.45) is 0 Å². The minimum atomic E-state index is 0.917. The molecular formula is C60H31NO2S4. The lowest BCUT2D eigenvalue weighted by Gasteiger charge is -2.43. The molecule has 0 saturated heterocycles. The van der Waals surface area contributed by atoms with Crippen LogP contribution < -0.4 is 4.90 Å². The second kappa shape index (κ2) is 13.7. The highest BCUT2D eigenvalue weighted by molar-refractivity contribution is 8.02. The molecule has 0 fully saturated rings. The van der Waals surface area contributed by atoms with Gasteiger partial charge in [-0.2, -0.15) is 0 Å². The largest absolute Gasteiger partial charge is 0.455 e. The highest BCUT2D eigenvalue weighted by atomic mass is 32.2. The van der Waals surface area contributed by atoms with Crippen LogP contribution >= 0.6 is 46.6 Å². The fourth-order valence-electron chi connectivity index (χ4n) is 10.7. The monoisotopic (exact) mass is 925 g/mol. The van der Waals surface area contributed by atoms with E-state index in [-0.39, 0.29) is 0 Å². The van der Waals surface area contributed by atoms with Gasteiger partial charge in [0, 0.05) is 72.6 Å². The van der Waals surface area contributed by atoms with E-state index in [1.54, 1.807) is 0 Å². The van der Waals surface area contributed by atoms with Gasteiger partial charge in [-0.15, -0.1) is 11.3 Å². The molecular weight excluding hydrogens is 895 g/mol. The maximum atomic E-state index is 6.45. The van der Waals surface area contributed by atoms with Crippen LogP contribution in [-0.2, 0) is 0 Å². The van der Waals surface area contributed by atoms with Gasteiger partial charge in [-0.1, -0.05) is 175 Å². The lowest BCUT2D eigenvalue weighted by atomic mass is 9.98. The summed E-state index contributed by atoms with van der Waals surface area (Å²) in [5, 5.41) is 7.25. The molecule has 16 rings (SSSR count). The van der Waals surface area contributed by atoms with E-state index in [1.165, 1.54) is 88.9 Å². The van der Waals surface area contributed by atoms with Crippen molar-refractivity contribution in [1.82, 2.24) is 0 Å². The zero-order valence-electron chi connectivity index (χ0n) is 35.3. The summed E-state index contributed by atoms with van der Waals surface area (Å²) in [6.07, 6.45) is 0. The third kappa shape index (κ3) is 5.28. The molecule has 0 N–H and O–H groups in total. The summed E-state index contributed by atoms with van der Waals surface area (Å²) in [4.78, 5) is 10.4. The fourth-order valence-corrected chi connectivity index (χ4v) is 15.9. The second-order valence-corrected chi connectivity index (χ2v) is 21.8. The summed E-state index contributed by atoms with van der Waals surface area (Å²) in [6, 6.07) is 68.7. The number of anilines is 3. The van der Waals surface area contributed by atoms with E-state index < -0.39 is 0 Å². The quantitative estimate of drug-likeness (QED) is 0.175. The molecule has 10 aromatic carbocycles. The molecule has 312 valence electrons. The third-order valence-electron chi connectivity index (χ3n) is 13.8. The summed E-state index contributed by atoms with van der Waals surface area (Å²) in [5.74, 6) is 0. The molecule has 0 radical (unpaired) electrons. The van der Waals surface area contributed by atoms with Gasteiger partial charge < -0.3 is 13.7 Å². The average molecular weight is 926 g/mol. The lowest BCUT2D eigenvalue weighted by Crippen LogP contribution is -2.22. The van der Waals surface area contributed by atoms with Crippen molar-refractivity contribution in [2.45, 2.75) is 29.4 Å². The summed E-state index contributed by atoms with van der Waals surface area (Å²) in [6.45, 7) is 0. The van der Waals surface area contributed by atoms with Crippen molar-refractivity contribution in [3.63, 3.8) is 0 Å². The third-order valence-corrected chi connectivity index (χ3v) is 18.4. The number of rotatable bonds is 4. The van der Waals surface area contributed by atoms with E-state index in [0.29, 0.717) is 0 Å². The minimum absolute atomic E-state index is 0.917. The Morgan fingerprint density at radius 2 is 0.776 bits per heavy atom. The van der Waals surface area contributed by atoms with Gasteiger partial charge >= 0.3 is 0 Å². The van der Waals surface area contributed by atoms with Crippen LogP contribution in [-0.4, -0.2) is 0 Å². The molecule has 3 aliphatic heterocycles. The molecule has 7 heteroatoms. The minimum Gasteiger partial charge on any atom is -0.455 e. The second-order valence-electron chi connectivity index (χ2n) is 17.5. The van der Waals surface area contributed by atoms with Crippen LogP contribution in [0.2, 0.25) is 0 Å². The van der Waals surface area contributed by atoms with Crippen LogP contribution in [0.1, 0.15) is 0 Å². The van der Waals surface area contributed by atoms with Gasteiger partial charge in [0.05, 0.1) is 26.7 Å². The normalized spacial score (nSPS) is 13.5. The predicted octanol–water partition coefficient (Wildman–Crippen LogP) is 19.4. The Kier molecular flexibility index (Phi) is 7.58. The first kappa shape index (κ1) is 37.0. The highest BCUT2D eigenvalue weighted by Crippen LogP contribution is 2.69. The molecule has 3 nitrogen and oxygen atoms in total. The number of thiophene rings is 1. The van der Waals surface area contributed by atoms with Gasteiger partial charge in [-0.25, -0.2) is 0 Å². The maximum Gasteiger partial charge on any atom is 0.143 e. The standard InChI is InChI=1S/C60H31NO2S4/c1-4-16-46-40(9-1)43-14-7-12-38(57(43)62-46)34-23-19-32(20-24-34)36-27-49-54-50(28-36)65-53-31-45-42-11-3-6-18-48(42)66-59(45)60-56(53)61(54)55-51(64-49)29-37(30-52(55)67-60)33-21-25-35(26-22-33)39-13-8-15-44-41-10-2-5-17-47(41)63-58(39)44/h1-31H. The smallest absolute Gasteiger partial charge is 0.143 e. The Bertz CT molecular complexity index is 4290. The molecule has 3 aromatic heterocycles. The summed E-state index contributed by atoms with van der Waals surface area (Å²) in [7, 11) is 0. The van der Waals surface area contributed by atoms with Crippen LogP contribution in [0.5, 0.6) is 0 Å². The van der Waals surface area contributed by atoms with E-state index >= 15 is 0 Å². The van der Waals surface area contributed by atoms with E-state index in [9.17, 15) is 0 Å². The molecule has 0 aliphatic carbocycles. The average Bonchev–Trinajstić information content (AvgIpc) is 4.08. The molecule has 0 amide bonds. The molecule has 0 atom stereocenters. The van der Waals surface area contributed by atoms with E-state index in [0.717, 1.165) is 66.1 Å². The molecule has 0 bridgehead atoms. The number of hydrogen-bond acceptors (Lipinski definition) is 7. The summed E-state index contributed by atoms with van der Waals surface area (Å²) < 4.78 is 15.6. The SMILES string of the molecule is c1ccc2c(c1)oc1c(-c3ccc(-c4cc5c6c(c4)Sc4cc7c(sc8ccccc87)c7c4N6c4c(cc(-c6ccc(-c8cccc9c8oc8ccccc89)cc6)cc4S7)S5)cc3)cccc12. The van der Waals surface area contributed by atoms with Gasteiger partial charge in [0.1, 0.15) is 22.3 Å². The van der Waals surface area contributed by atoms with Gasteiger partial charge in [-0.05, 0) is 81.9 Å². The summed E-state index contributed by atoms with van der Waals surface area (Å²) >= 11 is 7.71. The van der Waals surface area contributed by atoms with Crippen molar-refractivity contribution in [2.75, 3.05) is 4.90 Å². The van der Waals surface area contributed by atoms with E-state index in [4.69, 9.17) is 8.83 Å². The molecule has 13 aromatic rings. The number of benzene rings is 10. The van der Waals surface area contributed by atoms with Crippen molar-refractivity contribution >= 4 is 128 Å². The number of nitrogens with zero attached hydrogens (tertiary/aromatic N) is 1. The van der Waals surface area contributed by atoms with Crippen LogP contribution in [0.15, 0.2) is 226 Å². The van der Waals surface area contributed by atoms with Gasteiger partial charge in [-0.3, -0.25) is 0 Å². The van der Waals surface area contributed by atoms with Gasteiger partial charge in [0.15, 0.2) is 0 Å². The Morgan fingerprint density at radius 3 is 1.33 bits per heavy atom. The van der Waals surface area contributed by atoms with Crippen LogP contribution in [0.4, 0.5) is 17.1 Å². The molecule has 0 unspecified atom stereocenters. The predicted molar refractivity (Wildman–Crippen MR) is 283 cm³/mol. The van der Waals surface area contributed by atoms with Gasteiger partial charge in [0.25, 0.3) is 0 Å². The summed E-state index contributed by atoms with van der Waals surface area (Å²) in [5.41, 5.74) is 16.9. The Hall–Kier alpha value is -7.13. The van der Waals surface area contributed by atoms with Crippen LogP contribution in [0.3, 0.4) is 0 Å². The first-order valence-corrected chi connectivity index (χ1v) is 25.6. The molecule has 0 saturated carbocycles. The van der Waals surface area contributed by atoms with Crippen LogP contribution in [0, 0.1) is 0 Å². The van der Waals surface area contributed by atoms with Crippen molar-refractivity contribution in [3.8, 4) is 44.5 Å². The van der Waals surface area contributed by atoms with Crippen molar-refractivity contribution in [1.29, 1.82) is 0 Å². The molecule has 6 heterocycles. The van der Waals surface area contributed by atoms with Crippen molar-refractivity contribution < 1.29 is 8.83 Å². The lowest BCUT2D eigenvalue weighted by molar-refractivity contribution is 0.669. The van der Waals surface area contributed by atoms with Crippen LogP contribution in [0.25, 0.3) is 109 Å². The zero-order valence-corrected chi connectivity index (χ0v) is 38.6. The van der Waals surface area contributed by atoms with E-state index in [2.05, 4.69) is 181 Å². The number of hydrogen-bond donors (Lipinski definition) is 0. The Balaban J connectivity index is 0.839. The highest BCUT2D eigenvalue weighted by Gasteiger charge is 2.41. The molecule has 3 aliphatic rings. The topological polar surface area (TPSA) is 29.5 Å². The number of fused-ring (bicyclic) bond motifs is 10. The first-order chi connectivity index (χ1) is 33.2. The van der Waals surface area contributed by atoms with Crippen molar-refractivity contribution in [3.05, 3.63) is 188 Å².